The Bertz CT molecular complexity index is 1330. The zero-order valence-corrected chi connectivity index (χ0v) is 21.5. The zero-order valence-electron chi connectivity index (χ0n) is 21.5. The van der Waals surface area contributed by atoms with E-state index in [2.05, 4.69) is 24.1 Å². The van der Waals surface area contributed by atoms with Crippen LogP contribution in [-0.4, -0.2) is 51.2 Å². The minimum absolute atomic E-state index is 0.0267. The molecule has 188 valence electrons. The van der Waals surface area contributed by atoms with Gasteiger partial charge < -0.3 is 10.2 Å². The molecular weight excluding hydrogens is 453 g/mol. The van der Waals surface area contributed by atoms with E-state index in [1.807, 2.05) is 50.2 Å². The normalized spacial score (nSPS) is 12.3. The first kappa shape index (κ1) is 25.5. The van der Waals surface area contributed by atoms with Gasteiger partial charge in [0.15, 0.2) is 5.65 Å². The fourth-order valence-electron chi connectivity index (χ4n) is 4.53. The molecule has 0 aliphatic rings. The molecule has 0 saturated heterocycles. The number of nitrogens with zero attached hydrogens (tertiary/aromatic N) is 4. The smallest absolute Gasteiger partial charge is 0.270 e. The summed E-state index contributed by atoms with van der Waals surface area (Å²) in [5.41, 5.74) is 3.97. The number of benzene rings is 2. The molecule has 0 unspecified atom stereocenters. The number of halogens is 1. The minimum Gasteiger partial charge on any atom is -0.348 e. The average Bonchev–Trinajstić information content (AvgIpc) is 3.27. The molecule has 2 heterocycles. The van der Waals surface area contributed by atoms with Gasteiger partial charge in [0.2, 0.25) is 0 Å². The predicted octanol–water partition coefficient (Wildman–Crippen LogP) is 5.78. The van der Waals surface area contributed by atoms with Crippen LogP contribution in [0.3, 0.4) is 0 Å². The summed E-state index contributed by atoms with van der Waals surface area (Å²) < 4.78 is 15.7. The third kappa shape index (κ3) is 5.62. The van der Waals surface area contributed by atoms with E-state index in [9.17, 15) is 9.18 Å². The summed E-state index contributed by atoms with van der Waals surface area (Å²) in [4.78, 5) is 20.3. The average molecular weight is 488 g/mol. The summed E-state index contributed by atoms with van der Waals surface area (Å²) in [5.74, 6) is -0.579. The van der Waals surface area contributed by atoms with Gasteiger partial charge in [-0.3, -0.25) is 4.79 Å². The van der Waals surface area contributed by atoms with Crippen molar-refractivity contribution in [3.63, 3.8) is 0 Å². The van der Waals surface area contributed by atoms with E-state index >= 15 is 0 Å². The van der Waals surface area contributed by atoms with Gasteiger partial charge in [-0.1, -0.05) is 50.2 Å². The first-order chi connectivity index (χ1) is 17.4. The molecule has 0 aliphatic carbocycles. The summed E-state index contributed by atoms with van der Waals surface area (Å²) in [6.45, 7) is 11.4. The highest BCUT2D eigenvalue weighted by atomic mass is 19.1. The number of fused-ring (bicyclic) bond motifs is 1. The van der Waals surface area contributed by atoms with Crippen LogP contribution in [-0.2, 0) is 0 Å². The van der Waals surface area contributed by atoms with Gasteiger partial charge in [0.05, 0.1) is 11.1 Å². The molecule has 36 heavy (non-hydrogen) atoms. The monoisotopic (exact) mass is 487 g/mol. The molecule has 0 bridgehead atoms. The number of pyridine rings is 1. The van der Waals surface area contributed by atoms with Gasteiger partial charge in [0, 0.05) is 11.6 Å². The molecule has 0 radical (unpaired) electrons. The van der Waals surface area contributed by atoms with Gasteiger partial charge in [0.25, 0.3) is 5.91 Å². The van der Waals surface area contributed by atoms with Crippen LogP contribution in [0.4, 0.5) is 4.39 Å². The Balaban J connectivity index is 1.67. The van der Waals surface area contributed by atoms with E-state index < -0.39 is 0 Å². The fourth-order valence-corrected chi connectivity index (χ4v) is 4.53. The summed E-state index contributed by atoms with van der Waals surface area (Å²) >= 11 is 0. The summed E-state index contributed by atoms with van der Waals surface area (Å²) in [6.07, 6.45) is 1.91. The molecule has 7 heteroatoms. The van der Waals surface area contributed by atoms with Crippen molar-refractivity contribution >= 4 is 16.9 Å². The number of aryl methyl sites for hydroxylation is 1. The summed E-state index contributed by atoms with van der Waals surface area (Å²) in [7, 11) is 0. The lowest BCUT2D eigenvalue weighted by Crippen LogP contribution is -2.34. The summed E-state index contributed by atoms with van der Waals surface area (Å²) in [6, 6.07) is 17.9. The number of carbonyl (C=O) groups is 1. The molecule has 0 spiro atoms. The number of hydrogen-bond donors (Lipinski definition) is 1. The third-order valence-corrected chi connectivity index (χ3v) is 6.55. The number of amides is 1. The minimum atomic E-state index is -0.360. The Hall–Kier alpha value is -3.58. The molecule has 4 aromatic rings. The van der Waals surface area contributed by atoms with Crippen LogP contribution in [0.2, 0.25) is 0 Å². The van der Waals surface area contributed by atoms with E-state index in [1.54, 1.807) is 16.8 Å². The van der Waals surface area contributed by atoms with E-state index in [0.29, 0.717) is 17.0 Å². The van der Waals surface area contributed by atoms with Gasteiger partial charge in [-0.05, 0) is 76.2 Å². The second-order valence-corrected chi connectivity index (χ2v) is 9.17. The lowest BCUT2D eigenvalue weighted by Gasteiger charge is -2.19. The highest BCUT2D eigenvalue weighted by Crippen LogP contribution is 2.31. The van der Waals surface area contributed by atoms with Crippen LogP contribution in [0.1, 0.15) is 49.7 Å². The topological polar surface area (TPSA) is 63.1 Å². The molecular formula is C29H34FN5O. The molecule has 2 aromatic carbocycles. The Labute approximate surface area is 212 Å². The molecule has 2 aromatic heterocycles. The number of nitrogens with one attached hydrogen (secondary N) is 1. The third-order valence-electron chi connectivity index (χ3n) is 6.55. The maximum Gasteiger partial charge on any atom is 0.270 e. The van der Waals surface area contributed by atoms with Crippen LogP contribution in [0, 0.1) is 12.7 Å². The van der Waals surface area contributed by atoms with Crippen LogP contribution >= 0.6 is 0 Å². The SMILES string of the molecule is CCN(CC)CCC[C@@H](C)NC(=O)c1cc(C)c2c(-c3ccccc3)nn(-c3cccc(F)c3)c2n1. The van der Waals surface area contributed by atoms with Crippen LogP contribution in [0.15, 0.2) is 60.7 Å². The van der Waals surface area contributed by atoms with Gasteiger partial charge >= 0.3 is 0 Å². The van der Waals surface area contributed by atoms with E-state index in [1.165, 1.54) is 12.1 Å². The van der Waals surface area contributed by atoms with Crippen LogP contribution < -0.4 is 5.32 Å². The van der Waals surface area contributed by atoms with Gasteiger partial charge in [-0.25, -0.2) is 14.1 Å². The maximum absolute atomic E-state index is 14.1. The number of aromatic nitrogens is 3. The molecule has 0 aliphatic heterocycles. The first-order valence-corrected chi connectivity index (χ1v) is 12.7. The van der Waals surface area contributed by atoms with Crippen molar-refractivity contribution in [1.29, 1.82) is 0 Å². The highest BCUT2D eigenvalue weighted by Gasteiger charge is 2.21. The lowest BCUT2D eigenvalue weighted by molar-refractivity contribution is 0.0932. The van der Waals surface area contributed by atoms with E-state index in [0.717, 1.165) is 54.7 Å². The van der Waals surface area contributed by atoms with E-state index in [-0.39, 0.29) is 17.8 Å². The molecule has 1 atom stereocenters. The van der Waals surface area contributed by atoms with E-state index in [4.69, 9.17) is 10.1 Å². The zero-order chi connectivity index (χ0) is 25.7. The van der Waals surface area contributed by atoms with Crippen LogP contribution in [0.5, 0.6) is 0 Å². The van der Waals surface area contributed by atoms with Crippen molar-refractivity contribution in [3.05, 3.63) is 77.7 Å². The van der Waals surface area contributed by atoms with Crippen molar-refractivity contribution in [2.24, 2.45) is 0 Å². The van der Waals surface area contributed by atoms with Crippen LogP contribution in [0.25, 0.3) is 28.0 Å². The van der Waals surface area contributed by atoms with Crippen molar-refractivity contribution in [3.8, 4) is 16.9 Å². The molecule has 1 amide bonds. The Morgan fingerprint density at radius 1 is 1.08 bits per heavy atom. The van der Waals surface area contributed by atoms with Gasteiger partial charge in [-0.15, -0.1) is 0 Å². The van der Waals surface area contributed by atoms with Crippen molar-refractivity contribution in [2.45, 2.75) is 46.6 Å². The molecule has 0 saturated carbocycles. The van der Waals surface area contributed by atoms with Crippen molar-refractivity contribution in [2.75, 3.05) is 19.6 Å². The maximum atomic E-state index is 14.1. The summed E-state index contributed by atoms with van der Waals surface area (Å²) in [5, 5.41) is 8.75. The largest absolute Gasteiger partial charge is 0.348 e. The Morgan fingerprint density at radius 3 is 2.53 bits per heavy atom. The number of rotatable bonds is 10. The molecule has 4 rings (SSSR count). The fraction of sp³-hybridized carbons (Fsp3) is 0.345. The lowest BCUT2D eigenvalue weighted by atomic mass is 10.0. The molecule has 0 fully saturated rings. The molecule has 1 N–H and O–H groups in total. The second kappa shape index (κ2) is 11.4. The standard InChI is InChI=1S/C29H34FN5O/c1-5-34(6-2)17-11-12-21(4)31-29(36)25-18-20(3)26-27(22-13-8-7-9-14-22)33-35(28(26)32-25)24-16-10-15-23(30)19-24/h7-10,13-16,18-19,21H,5-6,11-12,17H2,1-4H3,(H,31,36)/t21-/m1/s1. The van der Waals surface area contributed by atoms with Gasteiger partial charge in [-0.2, -0.15) is 5.10 Å². The highest BCUT2D eigenvalue weighted by molar-refractivity contribution is 5.99. The number of carbonyl (C=O) groups excluding carboxylic acids is 1. The first-order valence-electron chi connectivity index (χ1n) is 12.7. The van der Waals surface area contributed by atoms with Crippen molar-refractivity contribution in [1.82, 2.24) is 25.0 Å². The quantitative estimate of drug-likeness (QED) is 0.308. The number of hydrogen-bond acceptors (Lipinski definition) is 4. The van der Waals surface area contributed by atoms with Crippen molar-refractivity contribution < 1.29 is 9.18 Å². The molecule has 6 nitrogen and oxygen atoms in total. The van der Waals surface area contributed by atoms with Gasteiger partial charge in [0.1, 0.15) is 17.2 Å². The Morgan fingerprint density at radius 2 is 1.83 bits per heavy atom. The predicted molar refractivity (Wildman–Crippen MR) is 143 cm³/mol. The Kier molecular flexibility index (Phi) is 8.10. The second-order valence-electron chi connectivity index (χ2n) is 9.17.